The van der Waals surface area contributed by atoms with E-state index in [-0.39, 0.29) is 11.3 Å². The number of anilines is 2. The van der Waals surface area contributed by atoms with Gasteiger partial charge in [0.05, 0.1) is 5.56 Å². The Kier molecular flexibility index (Phi) is 5.83. The summed E-state index contributed by atoms with van der Waals surface area (Å²) in [5.74, 6) is 0.190. The Balaban J connectivity index is 1.64. The number of aromatic nitrogens is 2. The van der Waals surface area contributed by atoms with E-state index in [2.05, 4.69) is 22.4 Å². The molecule has 0 fully saturated rings. The molecule has 3 rings (SSSR count). The van der Waals surface area contributed by atoms with E-state index in [0.717, 1.165) is 18.2 Å². The Morgan fingerprint density at radius 1 is 1.04 bits per heavy atom. The predicted octanol–water partition coefficient (Wildman–Crippen LogP) is 6.16. The summed E-state index contributed by atoms with van der Waals surface area (Å²) >= 11 is 2.56. The molecule has 0 aliphatic heterocycles. The molecule has 8 heteroatoms. The van der Waals surface area contributed by atoms with Crippen molar-refractivity contribution in [2.75, 3.05) is 5.32 Å². The first-order chi connectivity index (χ1) is 12.5. The van der Waals surface area contributed by atoms with E-state index in [1.807, 2.05) is 24.3 Å². The van der Waals surface area contributed by atoms with Gasteiger partial charge in [0.2, 0.25) is 5.13 Å². The van der Waals surface area contributed by atoms with Crippen LogP contribution < -0.4 is 5.32 Å². The van der Waals surface area contributed by atoms with E-state index in [1.54, 1.807) is 6.07 Å². The maximum Gasteiger partial charge on any atom is 0.416 e. The normalized spacial score (nSPS) is 11.5. The molecule has 1 N–H and O–H groups in total. The maximum atomic E-state index is 13.0. The zero-order chi connectivity index (χ0) is 18.6. The van der Waals surface area contributed by atoms with Crippen LogP contribution in [0.3, 0.4) is 0 Å². The zero-order valence-corrected chi connectivity index (χ0v) is 15.5. The lowest BCUT2D eigenvalue weighted by atomic mass is 10.1. The molecular weight excluding hydrogens is 379 g/mol. The van der Waals surface area contributed by atoms with E-state index in [9.17, 15) is 13.2 Å². The Hall–Kier alpha value is -2.06. The summed E-state index contributed by atoms with van der Waals surface area (Å²) in [5.41, 5.74) is 1.78. The van der Waals surface area contributed by atoms with Crippen LogP contribution in [0.25, 0.3) is 0 Å². The second-order valence-electron chi connectivity index (χ2n) is 5.49. The molecule has 0 unspecified atom stereocenters. The summed E-state index contributed by atoms with van der Waals surface area (Å²) in [6, 6.07) is 13.6. The number of hydrogen-bond acceptors (Lipinski definition) is 5. The number of nitrogens with zero attached hydrogens (tertiary/aromatic N) is 2. The molecule has 0 atom stereocenters. The second kappa shape index (κ2) is 8.09. The molecule has 26 heavy (non-hydrogen) atoms. The van der Waals surface area contributed by atoms with E-state index in [4.69, 9.17) is 0 Å². The monoisotopic (exact) mass is 395 g/mol. The number of alkyl halides is 3. The van der Waals surface area contributed by atoms with Gasteiger partial charge in [-0.3, -0.25) is 0 Å². The number of aryl methyl sites for hydroxylation is 1. The molecule has 1 heterocycles. The average molecular weight is 395 g/mol. The van der Waals surface area contributed by atoms with Crippen LogP contribution >= 0.6 is 23.1 Å². The molecule has 136 valence electrons. The van der Waals surface area contributed by atoms with Crippen molar-refractivity contribution in [2.45, 2.75) is 29.6 Å². The smallest absolute Gasteiger partial charge is 0.330 e. The van der Waals surface area contributed by atoms with E-state index in [0.29, 0.717) is 9.47 Å². The predicted molar refractivity (Wildman–Crippen MR) is 100 cm³/mol. The Labute approximate surface area is 157 Å². The molecule has 0 saturated heterocycles. The van der Waals surface area contributed by atoms with Crippen molar-refractivity contribution in [1.82, 2.24) is 10.2 Å². The Bertz CT molecular complexity index is 861. The third kappa shape index (κ3) is 4.76. The molecule has 1 aromatic heterocycles. The topological polar surface area (TPSA) is 37.8 Å². The first-order valence-electron chi connectivity index (χ1n) is 7.93. The molecular formula is C18H16F3N3S2. The van der Waals surface area contributed by atoms with Crippen molar-refractivity contribution in [2.24, 2.45) is 0 Å². The van der Waals surface area contributed by atoms with Crippen molar-refractivity contribution >= 4 is 33.9 Å². The van der Waals surface area contributed by atoms with E-state index in [1.165, 1.54) is 40.8 Å². The summed E-state index contributed by atoms with van der Waals surface area (Å²) in [7, 11) is 0. The molecule has 3 aromatic rings. The number of thioether (sulfide) groups is 1. The Morgan fingerprint density at radius 2 is 1.77 bits per heavy atom. The van der Waals surface area contributed by atoms with Crippen molar-refractivity contribution in [3.8, 4) is 0 Å². The van der Waals surface area contributed by atoms with Gasteiger partial charge in [0.25, 0.3) is 0 Å². The van der Waals surface area contributed by atoms with Crippen LogP contribution in [0.2, 0.25) is 0 Å². The van der Waals surface area contributed by atoms with Crippen LogP contribution in [0.15, 0.2) is 52.9 Å². The molecule has 0 saturated carbocycles. The van der Waals surface area contributed by atoms with Gasteiger partial charge in [-0.25, -0.2) is 0 Å². The van der Waals surface area contributed by atoms with Crippen LogP contribution in [0.1, 0.15) is 23.6 Å². The molecule has 0 bridgehead atoms. The highest BCUT2D eigenvalue weighted by atomic mass is 32.2. The fraction of sp³-hybridized carbons (Fsp3) is 0.222. The average Bonchev–Trinajstić information content (AvgIpc) is 3.07. The maximum absolute atomic E-state index is 13.0. The van der Waals surface area contributed by atoms with Crippen LogP contribution in [0.4, 0.5) is 24.0 Å². The van der Waals surface area contributed by atoms with Crippen molar-refractivity contribution < 1.29 is 13.2 Å². The molecule has 0 amide bonds. The zero-order valence-electron chi connectivity index (χ0n) is 13.9. The first-order valence-corrected chi connectivity index (χ1v) is 9.73. The number of rotatable bonds is 6. The largest absolute Gasteiger partial charge is 0.416 e. The third-order valence-corrected chi connectivity index (χ3v) is 5.71. The standard InChI is InChI=1S/C18H16F3N3S2/c1-2-12-7-9-14(10-8-12)22-16-23-24-17(26-16)25-11-13-5-3-4-6-15(13)18(19,20)21/h3-10H,2,11H2,1H3,(H,22,23). The highest BCUT2D eigenvalue weighted by molar-refractivity contribution is 8.00. The Morgan fingerprint density at radius 3 is 2.46 bits per heavy atom. The summed E-state index contributed by atoms with van der Waals surface area (Å²) in [5, 5.41) is 11.9. The van der Waals surface area contributed by atoms with Crippen LogP contribution in [0, 0.1) is 0 Å². The fourth-order valence-corrected chi connectivity index (χ4v) is 4.10. The fourth-order valence-electron chi connectivity index (χ4n) is 2.33. The minimum absolute atomic E-state index is 0.190. The number of hydrogen-bond donors (Lipinski definition) is 1. The SMILES string of the molecule is CCc1ccc(Nc2nnc(SCc3ccccc3C(F)(F)F)s2)cc1. The van der Waals surface area contributed by atoms with Gasteiger partial charge >= 0.3 is 6.18 Å². The van der Waals surface area contributed by atoms with Crippen molar-refractivity contribution in [1.29, 1.82) is 0 Å². The van der Waals surface area contributed by atoms with E-state index < -0.39 is 11.7 Å². The van der Waals surface area contributed by atoms with Crippen molar-refractivity contribution in [3.63, 3.8) is 0 Å². The highest BCUT2D eigenvalue weighted by Gasteiger charge is 2.32. The van der Waals surface area contributed by atoms with Crippen molar-refractivity contribution in [3.05, 3.63) is 65.2 Å². The molecule has 3 nitrogen and oxygen atoms in total. The summed E-state index contributed by atoms with van der Waals surface area (Å²) < 4.78 is 39.7. The van der Waals surface area contributed by atoms with Gasteiger partial charge in [0.1, 0.15) is 0 Å². The lowest BCUT2D eigenvalue weighted by Crippen LogP contribution is -2.08. The number of halogens is 3. The summed E-state index contributed by atoms with van der Waals surface area (Å²) in [6.07, 6.45) is -3.38. The lowest BCUT2D eigenvalue weighted by molar-refractivity contribution is -0.138. The number of nitrogens with one attached hydrogen (secondary N) is 1. The minimum Gasteiger partial charge on any atom is -0.330 e. The van der Waals surface area contributed by atoms with Crippen LogP contribution in [0.5, 0.6) is 0 Å². The van der Waals surface area contributed by atoms with Gasteiger partial charge in [-0.15, -0.1) is 10.2 Å². The van der Waals surface area contributed by atoms with Gasteiger partial charge in [-0.2, -0.15) is 13.2 Å². The summed E-state index contributed by atoms with van der Waals surface area (Å²) in [4.78, 5) is 0. The lowest BCUT2D eigenvalue weighted by Gasteiger charge is -2.11. The molecule has 0 spiro atoms. The number of benzene rings is 2. The van der Waals surface area contributed by atoms with Crippen LogP contribution in [-0.2, 0) is 18.3 Å². The van der Waals surface area contributed by atoms with Gasteiger partial charge in [-0.1, -0.05) is 60.4 Å². The molecule has 2 aromatic carbocycles. The van der Waals surface area contributed by atoms with Gasteiger partial charge in [0.15, 0.2) is 4.34 Å². The quantitative estimate of drug-likeness (QED) is 0.508. The highest BCUT2D eigenvalue weighted by Crippen LogP contribution is 2.36. The summed E-state index contributed by atoms with van der Waals surface area (Å²) in [6.45, 7) is 2.09. The van der Waals surface area contributed by atoms with E-state index >= 15 is 0 Å². The van der Waals surface area contributed by atoms with Gasteiger partial charge in [-0.05, 0) is 35.7 Å². The van der Waals surface area contributed by atoms with Crippen LogP contribution in [-0.4, -0.2) is 10.2 Å². The molecule has 0 aliphatic rings. The van der Waals surface area contributed by atoms with Gasteiger partial charge in [0, 0.05) is 11.4 Å². The second-order valence-corrected chi connectivity index (χ2v) is 7.69. The third-order valence-electron chi connectivity index (χ3n) is 3.69. The molecule has 0 aliphatic carbocycles. The first kappa shape index (κ1) is 18.7. The molecule has 0 radical (unpaired) electrons. The van der Waals surface area contributed by atoms with Gasteiger partial charge < -0.3 is 5.32 Å². The minimum atomic E-state index is -4.35.